The highest BCUT2D eigenvalue weighted by Gasteiger charge is 2.22. The number of ether oxygens (including phenoxy) is 3. The topological polar surface area (TPSA) is 48.0 Å². The summed E-state index contributed by atoms with van der Waals surface area (Å²) < 4.78 is 16.7. The van der Waals surface area contributed by atoms with Crippen molar-refractivity contribution in [3.05, 3.63) is 53.6 Å². The summed E-state index contributed by atoms with van der Waals surface area (Å²) in [5, 5.41) is 0. The number of nitrogens with zero attached hydrogens (tertiary/aromatic N) is 1. The van der Waals surface area contributed by atoms with E-state index in [0.717, 1.165) is 61.6 Å². The molecule has 0 atom stereocenters. The average Bonchev–Trinajstić information content (AvgIpc) is 2.82. The molecular formula is C26H33NO4. The van der Waals surface area contributed by atoms with Crippen molar-refractivity contribution in [1.29, 1.82) is 0 Å². The number of hydrogen-bond acceptors (Lipinski definition) is 4. The van der Waals surface area contributed by atoms with Gasteiger partial charge in [-0.05, 0) is 80.3 Å². The second kappa shape index (κ2) is 10.6. The van der Waals surface area contributed by atoms with E-state index in [9.17, 15) is 4.79 Å². The van der Waals surface area contributed by atoms with E-state index in [4.69, 9.17) is 14.2 Å². The molecule has 2 aliphatic heterocycles. The fraction of sp³-hybridized carbons (Fsp3) is 0.500. The largest absolute Gasteiger partial charge is 0.494 e. The van der Waals surface area contributed by atoms with E-state index in [1.54, 1.807) is 0 Å². The highest BCUT2D eigenvalue weighted by atomic mass is 16.6. The summed E-state index contributed by atoms with van der Waals surface area (Å²) in [7, 11) is 0. The summed E-state index contributed by atoms with van der Waals surface area (Å²) in [6.45, 7) is 5.66. The zero-order valence-corrected chi connectivity index (χ0v) is 18.5. The average molecular weight is 424 g/mol. The highest BCUT2D eigenvalue weighted by molar-refractivity contribution is 5.76. The molecule has 5 nitrogen and oxygen atoms in total. The van der Waals surface area contributed by atoms with Gasteiger partial charge < -0.3 is 19.1 Å². The molecule has 0 spiro atoms. The first-order valence-electron chi connectivity index (χ1n) is 11.6. The number of fused-ring (bicyclic) bond motifs is 1. The van der Waals surface area contributed by atoms with Gasteiger partial charge in [-0.1, -0.05) is 18.2 Å². The summed E-state index contributed by atoms with van der Waals surface area (Å²) in [4.78, 5) is 14.7. The third-order valence-corrected chi connectivity index (χ3v) is 6.28. The van der Waals surface area contributed by atoms with Crippen molar-refractivity contribution >= 4 is 5.91 Å². The van der Waals surface area contributed by atoms with Gasteiger partial charge in [0, 0.05) is 19.5 Å². The van der Waals surface area contributed by atoms with Gasteiger partial charge in [0.05, 0.1) is 6.61 Å². The van der Waals surface area contributed by atoms with Crippen LogP contribution >= 0.6 is 0 Å². The number of rotatable bonds is 8. The molecule has 1 fully saturated rings. The SMILES string of the molecule is CCOc1ccc(CCC2CCN(C(=O)CCc3ccc4c(c3)OCCO4)CC2)cc1. The Morgan fingerprint density at radius 3 is 2.42 bits per heavy atom. The number of aryl methyl sites for hydroxylation is 2. The van der Waals surface area contributed by atoms with Gasteiger partial charge >= 0.3 is 0 Å². The van der Waals surface area contributed by atoms with Crippen LogP contribution < -0.4 is 14.2 Å². The Morgan fingerprint density at radius 2 is 1.68 bits per heavy atom. The lowest BCUT2D eigenvalue weighted by atomic mass is 9.90. The zero-order valence-electron chi connectivity index (χ0n) is 18.5. The lowest BCUT2D eigenvalue weighted by Gasteiger charge is -2.32. The minimum Gasteiger partial charge on any atom is -0.494 e. The van der Waals surface area contributed by atoms with Crippen LogP contribution in [-0.4, -0.2) is 43.7 Å². The normalized spacial score (nSPS) is 16.2. The Balaban J connectivity index is 1.17. The molecule has 0 N–H and O–H groups in total. The minimum absolute atomic E-state index is 0.264. The molecular weight excluding hydrogens is 390 g/mol. The summed E-state index contributed by atoms with van der Waals surface area (Å²) >= 11 is 0. The number of benzene rings is 2. The van der Waals surface area contributed by atoms with Crippen molar-refractivity contribution in [3.8, 4) is 17.2 Å². The van der Waals surface area contributed by atoms with E-state index < -0.39 is 0 Å². The molecule has 2 heterocycles. The molecule has 0 saturated carbocycles. The van der Waals surface area contributed by atoms with Gasteiger partial charge in [0.25, 0.3) is 0 Å². The first-order valence-corrected chi connectivity index (χ1v) is 11.6. The van der Waals surface area contributed by atoms with Crippen LogP contribution in [0.1, 0.15) is 43.7 Å². The van der Waals surface area contributed by atoms with E-state index >= 15 is 0 Å². The standard InChI is InChI=1S/C26H33NO4/c1-2-29-23-9-5-20(6-10-23)3-4-21-13-15-27(16-14-21)26(28)12-8-22-7-11-24-25(19-22)31-18-17-30-24/h5-7,9-11,19,21H,2-4,8,12-18H2,1H3. The maximum Gasteiger partial charge on any atom is 0.222 e. The molecule has 2 aliphatic rings. The smallest absolute Gasteiger partial charge is 0.222 e. The van der Waals surface area contributed by atoms with Gasteiger partial charge in [0.1, 0.15) is 19.0 Å². The Morgan fingerprint density at radius 1 is 0.968 bits per heavy atom. The van der Waals surface area contributed by atoms with Crippen molar-refractivity contribution in [2.45, 2.75) is 45.4 Å². The number of carbonyl (C=O) groups excluding carboxylic acids is 1. The van der Waals surface area contributed by atoms with Crippen LogP contribution in [0.4, 0.5) is 0 Å². The molecule has 0 aromatic heterocycles. The van der Waals surface area contributed by atoms with E-state index in [-0.39, 0.29) is 5.91 Å². The molecule has 2 aromatic carbocycles. The first kappa shape index (κ1) is 21.5. The van der Waals surface area contributed by atoms with E-state index in [1.165, 1.54) is 12.0 Å². The Hall–Kier alpha value is -2.69. The molecule has 4 rings (SSSR count). The first-order chi connectivity index (χ1) is 15.2. The molecule has 0 bridgehead atoms. The van der Waals surface area contributed by atoms with Gasteiger partial charge in [-0.2, -0.15) is 0 Å². The van der Waals surface area contributed by atoms with Crippen LogP contribution in [0.2, 0.25) is 0 Å². The number of carbonyl (C=O) groups is 1. The third kappa shape index (κ3) is 5.93. The molecule has 1 amide bonds. The molecule has 31 heavy (non-hydrogen) atoms. The Labute approximate surface area is 185 Å². The molecule has 0 aliphatic carbocycles. The molecule has 0 unspecified atom stereocenters. The summed E-state index contributed by atoms with van der Waals surface area (Å²) in [5.74, 6) is 3.50. The fourth-order valence-corrected chi connectivity index (χ4v) is 4.41. The number of likely N-dealkylation sites (tertiary alicyclic amines) is 1. The highest BCUT2D eigenvalue weighted by Crippen LogP contribution is 2.31. The van der Waals surface area contributed by atoms with E-state index in [1.807, 2.05) is 30.0 Å². The van der Waals surface area contributed by atoms with Crippen molar-refractivity contribution < 1.29 is 19.0 Å². The van der Waals surface area contributed by atoms with Crippen LogP contribution in [0.3, 0.4) is 0 Å². The number of amides is 1. The van der Waals surface area contributed by atoms with Crippen LogP contribution in [0.5, 0.6) is 17.2 Å². The molecule has 5 heteroatoms. The Bertz CT molecular complexity index is 856. The number of piperidine rings is 1. The maximum absolute atomic E-state index is 12.7. The zero-order chi connectivity index (χ0) is 21.5. The van der Waals surface area contributed by atoms with Crippen molar-refractivity contribution in [1.82, 2.24) is 4.90 Å². The van der Waals surface area contributed by atoms with Crippen molar-refractivity contribution in [2.75, 3.05) is 32.9 Å². The fourth-order valence-electron chi connectivity index (χ4n) is 4.41. The van der Waals surface area contributed by atoms with Gasteiger partial charge in [0.2, 0.25) is 5.91 Å². The van der Waals surface area contributed by atoms with Gasteiger partial charge in [-0.15, -0.1) is 0 Å². The second-order valence-corrected chi connectivity index (χ2v) is 8.42. The molecule has 166 valence electrons. The number of hydrogen-bond donors (Lipinski definition) is 0. The predicted octanol–water partition coefficient (Wildman–Crippen LogP) is 4.66. The van der Waals surface area contributed by atoms with Crippen LogP contribution in [-0.2, 0) is 17.6 Å². The van der Waals surface area contributed by atoms with Gasteiger partial charge in [0.15, 0.2) is 11.5 Å². The van der Waals surface area contributed by atoms with E-state index in [0.29, 0.717) is 32.2 Å². The molecule has 0 radical (unpaired) electrons. The second-order valence-electron chi connectivity index (χ2n) is 8.42. The molecule has 1 saturated heterocycles. The summed E-state index contributed by atoms with van der Waals surface area (Å²) in [6, 6.07) is 14.4. The minimum atomic E-state index is 0.264. The van der Waals surface area contributed by atoms with Crippen LogP contribution in [0.25, 0.3) is 0 Å². The van der Waals surface area contributed by atoms with Gasteiger partial charge in [-0.25, -0.2) is 0 Å². The van der Waals surface area contributed by atoms with Gasteiger partial charge in [-0.3, -0.25) is 4.79 Å². The summed E-state index contributed by atoms with van der Waals surface area (Å²) in [5.41, 5.74) is 2.49. The van der Waals surface area contributed by atoms with Crippen LogP contribution in [0, 0.1) is 5.92 Å². The lowest BCUT2D eigenvalue weighted by Crippen LogP contribution is -2.38. The lowest BCUT2D eigenvalue weighted by molar-refractivity contribution is -0.132. The van der Waals surface area contributed by atoms with E-state index in [2.05, 4.69) is 24.3 Å². The predicted molar refractivity (Wildman–Crippen MR) is 121 cm³/mol. The molecule has 2 aromatic rings. The monoisotopic (exact) mass is 423 g/mol. The van der Waals surface area contributed by atoms with Crippen molar-refractivity contribution in [3.63, 3.8) is 0 Å². The summed E-state index contributed by atoms with van der Waals surface area (Å²) in [6.07, 6.45) is 5.78. The van der Waals surface area contributed by atoms with Crippen LogP contribution in [0.15, 0.2) is 42.5 Å². The third-order valence-electron chi connectivity index (χ3n) is 6.28. The quantitative estimate of drug-likeness (QED) is 0.620. The van der Waals surface area contributed by atoms with Crippen molar-refractivity contribution in [2.24, 2.45) is 5.92 Å². The maximum atomic E-state index is 12.7. The Kier molecular flexibility index (Phi) is 7.34.